The minimum atomic E-state index is -0.523. The van der Waals surface area contributed by atoms with Crippen LogP contribution in [0.4, 0.5) is 0 Å². The van der Waals surface area contributed by atoms with Crippen LogP contribution in [0.5, 0.6) is 0 Å². The second-order valence-corrected chi connectivity index (χ2v) is 12.1. The third-order valence-corrected chi connectivity index (χ3v) is 10.8. The molecule has 2 unspecified atom stereocenters. The molecule has 2 atom stereocenters. The van der Waals surface area contributed by atoms with E-state index in [4.69, 9.17) is 11.5 Å². The minimum absolute atomic E-state index is 0.523. The number of nitrogens with one attached hydrogen (secondary N) is 2. The summed E-state index contributed by atoms with van der Waals surface area (Å²) in [5, 5.41) is 3.08. The Balaban J connectivity index is 0.00000176. The quantitative estimate of drug-likeness (QED) is 0.270. The predicted octanol–water partition coefficient (Wildman–Crippen LogP) is 6.03. The van der Waals surface area contributed by atoms with E-state index < -0.39 is 15.8 Å². The largest absolute Gasteiger partial charge is 0.677 e. The Morgan fingerprint density at radius 2 is 0.926 bits per heavy atom. The molecule has 2 aromatic rings. The van der Waals surface area contributed by atoms with E-state index >= 15 is 0 Å². The zero-order valence-electron chi connectivity index (χ0n) is 15.8. The van der Waals surface area contributed by atoms with Crippen molar-refractivity contribution in [2.75, 3.05) is 37.7 Å². The normalized spacial score (nSPS) is 12.8. The molecule has 2 rings (SSSR count). The van der Waals surface area contributed by atoms with Crippen molar-refractivity contribution in [1.82, 2.24) is 0 Å². The zero-order chi connectivity index (χ0) is 19.7. The molecule has 0 aromatic heterocycles. The molecule has 27 heavy (non-hydrogen) atoms. The average Bonchev–Trinajstić information content (AvgIpc) is 2.75. The fourth-order valence-electron chi connectivity index (χ4n) is 3.29. The maximum atomic E-state index is 7.50. The van der Waals surface area contributed by atoms with E-state index in [1.165, 1.54) is 31.1 Å². The summed E-state index contributed by atoms with van der Waals surface area (Å²) >= 11 is 3.35. The number of hydrogen-bond donors (Lipinski definition) is 0. The molecular weight excluding hydrogens is 436 g/mol. The molecule has 0 heterocycles. The van der Waals surface area contributed by atoms with Gasteiger partial charge in [-0.05, 0) is 37.1 Å². The molecular formula is C21H32ClN2NiP2. The van der Waals surface area contributed by atoms with Crippen LogP contribution in [0.1, 0.15) is 19.3 Å². The molecule has 0 aliphatic heterocycles. The Bertz CT molecular complexity index is 523. The summed E-state index contributed by atoms with van der Waals surface area (Å²) in [6.07, 6.45) is 8.52. The Hall–Kier alpha value is 0.00351. The first-order valence-corrected chi connectivity index (χ1v) is 14.7. The van der Waals surface area contributed by atoms with Crippen molar-refractivity contribution in [2.45, 2.75) is 19.3 Å². The van der Waals surface area contributed by atoms with Crippen LogP contribution in [-0.2, 0) is 14.6 Å². The molecule has 0 aliphatic rings. The van der Waals surface area contributed by atoms with E-state index in [0.717, 1.165) is 12.8 Å². The first kappa shape index (κ1) is 25.0. The number of halogens is 1. The van der Waals surface area contributed by atoms with Gasteiger partial charge < -0.3 is 11.5 Å². The molecule has 0 bridgehead atoms. The van der Waals surface area contributed by atoms with Crippen LogP contribution in [0.3, 0.4) is 0 Å². The third-order valence-electron chi connectivity index (χ3n) is 4.63. The van der Waals surface area contributed by atoms with E-state index in [2.05, 4.69) is 85.4 Å². The van der Waals surface area contributed by atoms with Crippen molar-refractivity contribution in [3.63, 3.8) is 0 Å². The van der Waals surface area contributed by atoms with E-state index in [9.17, 15) is 0 Å². The smallest absolute Gasteiger partial charge is 0.0914 e. The zero-order valence-corrected chi connectivity index (χ0v) is 19.6. The van der Waals surface area contributed by atoms with E-state index in [0.29, 0.717) is 13.1 Å². The van der Waals surface area contributed by atoms with Crippen molar-refractivity contribution in [3.05, 3.63) is 72.1 Å². The van der Waals surface area contributed by atoms with Gasteiger partial charge in [-0.2, -0.15) is 0 Å². The monoisotopic (exact) mass is 467 g/mol. The van der Waals surface area contributed by atoms with Gasteiger partial charge in [0.1, 0.15) is 0 Å². The van der Waals surface area contributed by atoms with Gasteiger partial charge in [0.05, 0.1) is 35.3 Å². The Labute approximate surface area is 180 Å². The summed E-state index contributed by atoms with van der Waals surface area (Å²) in [7, 11) is 3.22. The van der Waals surface area contributed by atoms with Crippen LogP contribution >= 0.6 is 26.0 Å². The van der Waals surface area contributed by atoms with Crippen molar-refractivity contribution in [1.29, 1.82) is 0 Å². The average molecular weight is 469 g/mol. The SMILES string of the molecule is [Cl][Ni].[NH-]CCC[PH+](CCC[PH+](CCC[NH-])c1ccccc1)c1ccccc1. The van der Waals surface area contributed by atoms with Gasteiger partial charge in [0.25, 0.3) is 0 Å². The molecule has 0 saturated heterocycles. The fourth-order valence-corrected chi connectivity index (χ4v) is 9.04. The van der Waals surface area contributed by atoms with Gasteiger partial charge in [0, 0.05) is 22.3 Å². The Morgan fingerprint density at radius 1 is 0.593 bits per heavy atom. The standard InChI is InChI=1S/C21H30N2P2.ClH.Ni/c22-14-7-16-24(20-10-3-1-4-11-20)18-9-19-25(17-8-15-23)21-12-5-2-6-13-21;;/h1-6,10-13,22-23H,7-9,14-19H2;1H;/q-2;;+1/p+1. The first-order valence-electron chi connectivity index (χ1n) is 9.56. The van der Waals surface area contributed by atoms with Crippen LogP contribution in [0.2, 0.25) is 0 Å². The first-order chi connectivity index (χ1) is 13.3. The summed E-state index contributed by atoms with van der Waals surface area (Å²) < 4.78 is 0. The number of benzene rings is 2. The van der Waals surface area contributed by atoms with Crippen molar-refractivity contribution in [3.8, 4) is 0 Å². The molecule has 0 fully saturated rings. The van der Waals surface area contributed by atoms with Gasteiger partial charge in [0.15, 0.2) is 0 Å². The Kier molecular flexibility index (Phi) is 15.7. The molecule has 0 amide bonds. The van der Waals surface area contributed by atoms with E-state index in [1.54, 1.807) is 10.6 Å². The molecule has 0 saturated carbocycles. The van der Waals surface area contributed by atoms with Crippen LogP contribution in [0.25, 0.3) is 11.5 Å². The third kappa shape index (κ3) is 10.4. The molecule has 0 radical (unpaired) electrons. The second kappa shape index (κ2) is 16.9. The summed E-state index contributed by atoms with van der Waals surface area (Å²) in [5.74, 6) is 0. The maximum Gasteiger partial charge on any atom is 0.0914 e. The van der Waals surface area contributed by atoms with Gasteiger partial charge in [-0.3, -0.25) is 0 Å². The molecule has 2 N–H and O–H groups in total. The fraction of sp³-hybridized carbons (Fsp3) is 0.429. The molecule has 2 nitrogen and oxygen atoms in total. The maximum absolute atomic E-state index is 7.50. The molecule has 2 aromatic carbocycles. The van der Waals surface area contributed by atoms with Crippen molar-refractivity contribution >= 4 is 36.6 Å². The Morgan fingerprint density at radius 3 is 1.26 bits per heavy atom. The van der Waals surface area contributed by atoms with Gasteiger partial charge in [-0.25, -0.2) is 0 Å². The van der Waals surface area contributed by atoms with Crippen LogP contribution in [0.15, 0.2) is 60.7 Å². The summed E-state index contributed by atoms with van der Waals surface area (Å²) in [6, 6.07) is 22.0. The summed E-state index contributed by atoms with van der Waals surface area (Å²) in [6.45, 7) is 1.12. The molecule has 153 valence electrons. The van der Waals surface area contributed by atoms with Crippen LogP contribution in [-0.4, -0.2) is 37.7 Å². The van der Waals surface area contributed by atoms with Gasteiger partial charge >= 0.3 is 24.8 Å². The predicted molar refractivity (Wildman–Crippen MR) is 126 cm³/mol. The molecule has 0 aliphatic carbocycles. The van der Waals surface area contributed by atoms with Crippen LogP contribution in [0, 0.1) is 0 Å². The molecule has 0 spiro atoms. The summed E-state index contributed by atoms with van der Waals surface area (Å²) in [5.41, 5.74) is 15.0. The number of hydrogen-bond acceptors (Lipinski definition) is 0. The van der Waals surface area contributed by atoms with Gasteiger partial charge in [-0.15, -0.1) is 13.1 Å². The molecule has 6 heteroatoms. The summed E-state index contributed by atoms with van der Waals surface area (Å²) in [4.78, 5) is 0. The van der Waals surface area contributed by atoms with E-state index in [-0.39, 0.29) is 0 Å². The van der Waals surface area contributed by atoms with Gasteiger partial charge in [0.2, 0.25) is 0 Å². The van der Waals surface area contributed by atoms with Gasteiger partial charge in [-0.1, -0.05) is 36.4 Å². The second-order valence-electron chi connectivity index (χ2n) is 6.50. The van der Waals surface area contributed by atoms with Crippen molar-refractivity contribution in [2.24, 2.45) is 0 Å². The van der Waals surface area contributed by atoms with Crippen LogP contribution < -0.4 is 10.6 Å². The van der Waals surface area contributed by atoms with Crippen molar-refractivity contribution < 1.29 is 14.6 Å². The van der Waals surface area contributed by atoms with E-state index in [1.807, 2.05) is 0 Å². The minimum Gasteiger partial charge on any atom is -0.677 e. The number of rotatable bonds is 12. The topological polar surface area (TPSA) is 47.6 Å².